The Kier molecular flexibility index (Phi) is 3.90. The minimum atomic E-state index is 0.139. The molecule has 0 amide bonds. The van der Waals surface area contributed by atoms with Crippen LogP contribution in [0, 0.1) is 0 Å². The van der Waals surface area contributed by atoms with Crippen molar-refractivity contribution in [2.75, 3.05) is 13.1 Å². The number of hydrogen-bond donors (Lipinski definition) is 3. The third kappa shape index (κ3) is 2.98. The Morgan fingerprint density at radius 1 is 1.15 bits per heavy atom. The summed E-state index contributed by atoms with van der Waals surface area (Å²) in [5, 5.41) is 16.6. The van der Waals surface area contributed by atoms with Gasteiger partial charge in [-0.1, -0.05) is 12.1 Å². The lowest BCUT2D eigenvalue weighted by Crippen LogP contribution is -2.34. The first kappa shape index (κ1) is 16.1. The Morgan fingerprint density at radius 3 is 2.93 bits per heavy atom. The average Bonchev–Trinajstić information content (AvgIpc) is 3.27. The predicted molar refractivity (Wildman–Crippen MR) is 105 cm³/mol. The molecule has 0 bridgehead atoms. The summed E-state index contributed by atoms with van der Waals surface area (Å²) in [4.78, 5) is 11.5. The number of aromatic amines is 1. The number of rotatable bonds is 3. The Hall–Kier alpha value is -3.12. The zero-order valence-corrected chi connectivity index (χ0v) is 14.8. The third-order valence-electron chi connectivity index (χ3n) is 5.09. The van der Waals surface area contributed by atoms with Gasteiger partial charge in [0.15, 0.2) is 5.88 Å². The van der Waals surface area contributed by atoms with Gasteiger partial charge in [0.2, 0.25) is 0 Å². The number of aliphatic imine (C=N–C) groups is 1. The van der Waals surface area contributed by atoms with E-state index >= 15 is 0 Å². The molecule has 0 radical (unpaired) electrons. The van der Waals surface area contributed by atoms with E-state index in [1.807, 2.05) is 42.5 Å². The molecule has 6 nitrogen and oxygen atoms in total. The van der Waals surface area contributed by atoms with Crippen molar-refractivity contribution < 1.29 is 9.84 Å². The van der Waals surface area contributed by atoms with Gasteiger partial charge in [-0.25, -0.2) is 9.98 Å². The fourth-order valence-corrected chi connectivity index (χ4v) is 3.72. The first-order valence-electron chi connectivity index (χ1n) is 9.21. The molecule has 0 spiro atoms. The molecule has 5 rings (SSSR count). The lowest BCUT2D eigenvalue weighted by molar-refractivity contribution is 0.164. The Balaban J connectivity index is 1.61. The number of nitrogens with one attached hydrogen (secondary N) is 2. The van der Waals surface area contributed by atoms with E-state index < -0.39 is 0 Å². The summed E-state index contributed by atoms with van der Waals surface area (Å²) in [7, 11) is 0. The molecule has 1 saturated heterocycles. The van der Waals surface area contributed by atoms with Crippen LogP contribution in [0.1, 0.15) is 18.4 Å². The number of nitrogens with zero attached hydrogens (tertiary/aromatic N) is 2. The van der Waals surface area contributed by atoms with Crippen LogP contribution < -0.4 is 20.6 Å². The molecule has 3 heterocycles. The molecular formula is C21H20N4O2. The summed E-state index contributed by atoms with van der Waals surface area (Å²) < 4.78 is 6.30. The van der Waals surface area contributed by atoms with Crippen molar-refractivity contribution in [3.63, 3.8) is 0 Å². The molecule has 0 unspecified atom stereocenters. The van der Waals surface area contributed by atoms with Crippen molar-refractivity contribution in [1.82, 2.24) is 10.3 Å². The van der Waals surface area contributed by atoms with Gasteiger partial charge >= 0.3 is 0 Å². The van der Waals surface area contributed by atoms with Gasteiger partial charge in [0.25, 0.3) is 0 Å². The zero-order valence-electron chi connectivity index (χ0n) is 14.8. The van der Waals surface area contributed by atoms with Gasteiger partial charge < -0.3 is 20.1 Å². The summed E-state index contributed by atoms with van der Waals surface area (Å²) in [5.41, 5.74) is 2.43. The number of ether oxygens (including phenoxy) is 1. The predicted octanol–water partition coefficient (Wildman–Crippen LogP) is 2.13. The third-order valence-corrected chi connectivity index (χ3v) is 5.09. The number of aromatic nitrogens is 1. The van der Waals surface area contributed by atoms with Crippen LogP contribution >= 0.6 is 0 Å². The molecule has 6 heteroatoms. The van der Waals surface area contributed by atoms with Crippen LogP contribution in [0.3, 0.4) is 0 Å². The summed E-state index contributed by atoms with van der Waals surface area (Å²) >= 11 is 0. The van der Waals surface area contributed by atoms with Gasteiger partial charge in [-0.15, -0.1) is 0 Å². The summed E-state index contributed by atoms with van der Waals surface area (Å²) in [6.07, 6.45) is 5.67. The maximum atomic E-state index is 10.5. The largest absolute Gasteiger partial charge is 0.494 e. The highest BCUT2D eigenvalue weighted by molar-refractivity contribution is 5.96. The summed E-state index contributed by atoms with van der Waals surface area (Å²) in [6, 6.07) is 11.8. The number of benzene rings is 2. The number of aromatic hydroxyl groups is 1. The fourth-order valence-electron chi connectivity index (χ4n) is 3.72. The van der Waals surface area contributed by atoms with E-state index in [0.717, 1.165) is 64.4 Å². The van der Waals surface area contributed by atoms with Crippen LogP contribution in [-0.2, 0) is 0 Å². The molecule has 3 aromatic rings. The topological polar surface area (TPSA) is 82.0 Å². The van der Waals surface area contributed by atoms with Crippen LogP contribution in [0.5, 0.6) is 11.6 Å². The molecular weight excluding hydrogens is 340 g/mol. The standard InChI is InChI=1S/C21H20N4O2/c26-21-15(10-13-4-5-16-18(11-13)24-12-23-16)20-17(25-21)2-1-3-19(20)27-14-6-8-22-9-7-14/h1-5,10-12,14,22,25-26H,6-9H2/b13-10-. The smallest absolute Gasteiger partial charge is 0.197 e. The number of fused-ring (bicyclic) bond motifs is 2. The SMILES string of the molecule is Oc1[nH]c2cccc(OC3CCNCC3)c2c1/C=c1/ccc2c(c1)N=CN=2. The summed E-state index contributed by atoms with van der Waals surface area (Å²) in [5.74, 6) is 0.941. The lowest BCUT2D eigenvalue weighted by Gasteiger charge is -2.24. The molecule has 136 valence electrons. The van der Waals surface area contributed by atoms with Crippen LogP contribution in [-0.4, -0.2) is 35.6 Å². The fraction of sp³-hybridized carbons (Fsp3) is 0.238. The van der Waals surface area contributed by atoms with Crippen molar-refractivity contribution in [2.45, 2.75) is 18.9 Å². The van der Waals surface area contributed by atoms with Crippen LogP contribution in [0.15, 0.2) is 46.4 Å². The van der Waals surface area contributed by atoms with E-state index in [-0.39, 0.29) is 12.0 Å². The Morgan fingerprint density at radius 2 is 2.04 bits per heavy atom. The molecule has 27 heavy (non-hydrogen) atoms. The second-order valence-electron chi connectivity index (χ2n) is 6.90. The molecule has 0 aliphatic carbocycles. The van der Waals surface area contributed by atoms with Gasteiger partial charge in [0.05, 0.1) is 21.9 Å². The first-order valence-corrected chi connectivity index (χ1v) is 9.21. The van der Waals surface area contributed by atoms with Gasteiger partial charge in [0, 0.05) is 5.56 Å². The van der Waals surface area contributed by atoms with Crippen LogP contribution in [0.4, 0.5) is 5.69 Å². The quantitative estimate of drug-likeness (QED) is 0.669. The number of hydrogen-bond acceptors (Lipinski definition) is 5. The van der Waals surface area contributed by atoms with Crippen molar-refractivity contribution in [1.29, 1.82) is 0 Å². The Labute approximate surface area is 155 Å². The van der Waals surface area contributed by atoms with Crippen molar-refractivity contribution in [2.24, 2.45) is 9.98 Å². The second kappa shape index (κ2) is 6.55. The second-order valence-corrected chi connectivity index (χ2v) is 6.90. The number of H-pyrrole nitrogens is 1. The van der Waals surface area contributed by atoms with Crippen LogP contribution in [0.25, 0.3) is 17.0 Å². The molecule has 2 aliphatic rings. The van der Waals surface area contributed by atoms with Crippen LogP contribution in [0.2, 0.25) is 0 Å². The van der Waals surface area contributed by atoms with Gasteiger partial charge in [-0.3, -0.25) is 0 Å². The Bertz CT molecular complexity index is 1160. The maximum absolute atomic E-state index is 10.5. The summed E-state index contributed by atoms with van der Waals surface area (Å²) in [6.45, 7) is 1.94. The van der Waals surface area contributed by atoms with Crippen molar-refractivity contribution >= 4 is 29.0 Å². The lowest BCUT2D eigenvalue weighted by atomic mass is 10.1. The van der Waals surface area contributed by atoms with E-state index in [9.17, 15) is 5.11 Å². The first-order chi connectivity index (χ1) is 13.3. The van der Waals surface area contributed by atoms with E-state index in [1.54, 1.807) is 6.34 Å². The highest BCUT2D eigenvalue weighted by Gasteiger charge is 2.19. The molecule has 2 aromatic carbocycles. The van der Waals surface area contributed by atoms with Gasteiger partial charge in [0.1, 0.15) is 18.2 Å². The van der Waals surface area contributed by atoms with E-state index in [0.29, 0.717) is 0 Å². The molecule has 3 N–H and O–H groups in total. The van der Waals surface area contributed by atoms with E-state index in [1.165, 1.54) is 0 Å². The molecule has 1 aromatic heterocycles. The van der Waals surface area contributed by atoms with Crippen molar-refractivity contribution in [3.8, 4) is 11.6 Å². The highest BCUT2D eigenvalue weighted by Crippen LogP contribution is 2.36. The van der Waals surface area contributed by atoms with E-state index in [2.05, 4.69) is 20.3 Å². The average molecular weight is 360 g/mol. The zero-order chi connectivity index (χ0) is 18.2. The minimum Gasteiger partial charge on any atom is -0.494 e. The number of piperidine rings is 1. The molecule has 2 aliphatic heterocycles. The molecule has 0 atom stereocenters. The normalized spacial score (nSPS) is 17.3. The monoisotopic (exact) mass is 360 g/mol. The molecule has 0 saturated carbocycles. The van der Waals surface area contributed by atoms with Gasteiger partial charge in [-0.2, -0.15) is 0 Å². The van der Waals surface area contributed by atoms with Crippen molar-refractivity contribution in [3.05, 3.63) is 52.5 Å². The highest BCUT2D eigenvalue weighted by atomic mass is 16.5. The maximum Gasteiger partial charge on any atom is 0.197 e. The minimum absolute atomic E-state index is 0.139. The van der Waals surface area contributed by atoms with E-state index in [4.69, 9.17) is 4.74 Å². The molecule has 1 fully saturated rings. The van der Waals surface area contributed by atoms with Gasteiger partial charge in [-0.05, 0) is 61.5 Å².